The Balaban J connectivity index is 1.44. The number of carbonyl (C=O) groups is 2. The van der Waals surface area contributed by atoms with Crippen LogP contribution in [-0.4, -0.2) is 32.6 Å². The first-order valence-corrected chi connectivity index (χ1v) is 10.9. The summed E-state index contributed by atoms with van der Waals surface area (Å²) >= 11 is 0. The molecule has 0 aliphatic heterocycles. The van der Waals surface area contributed by atoms with Crippen LogP contribution < -0.4 is 10.6 Å². The molecular weight excluding hydrogens is 414 g/mol. The van der Waals surface area contributed by atoms with Gasteiger partial charge in [-0.15, -0.1) is 10.2 Å². The third-order valence-electron chi connectivity index (χ3n) is 5.54. The predicted octanol–water partition coefficient (Wildman–Crippen LogP) is 3.96. The molecule has 168 valence electrons. The van der Waals surface area contributed by atoms with Crippen LogP contribution in [0.4, 0.5) is 5.69 Å². The Bertz CT molecular complexity index is 1290. The fraction of sp³-hybridized carbons (Fsp3) is 0.231. The maximum atomic E-state index is 13.0. The van der Waals surface area contributed by atoms with E-state index in [2.05, 4.69) is 20.8 Å². The number of benzene rings is 3. The molecule has 7 heteroatoms. The van der Waals surface area contributed by atoms with E-state index >= 15 is 0 Å². The minimum atomic E-state index is -0.656. The van der Waals surface area contributed by atoms with E-state index in [0.717, 1.165) is 21.9 Å². The van der Waals surface area contributed by atoms with Crippen LogP contribution in [-0.2, 0) is 23.1 Å². The summed E-state index contributed by atoms with van der Waals surface area (Å²) in [4.78, 5) is 25.8. The number of aromatic nitrogens is 3. The summed E-state index contributed by atoms with van der Waals surface area (Å²) in [6.07, 6.45) is 1.84. The van der Waals surface area contributed by atoms with Crippen LogP contribution in [0.5, 0.6) is 0 Å². The zero-order chi connectivity index (χ0) is 23.4. The summed E-state index contributed by atoms with van der Waals surface area (Å²) in [6, 6.07) is 20.8. The van der Waals surface area contributed by atoms with Gasteiger partial charge in [0.15, 0.2) is 5.82 Å². The van der Waals surface area contributed by atoms with Gasteiger partial charge in [0.2, 0.25) is 11.8 Å². The van der Waals surface area contributed by atoms with E-state index < -0.39 is 6.04 Å². The molecule has 4 aromatic rings. The number of hydrogen-bond donors (Lipinski definition) is 2. The van der Waals surface area contributed by atoms with Gasteiger partial charge in [-0.3, -0.25) is 9.59 Å². The summed E-state index contributed by atoms with van der Waals surface area (Å²) in [6.45, 7) is 3.83. The second-order valence-corrected chi connectivity index (χ2v) is 8.48. The van der Waals surface area contributed by atoms with E-state index in [1.807, 2.05) is 92.2 Å². The van der Waals surface area contributed by atoms with Gasteiger partial charge in [0, 0.05) is 18.3 Å². The molecule has 1 heterocycles. The highest BCUT2D eigenvalue weighted by atomic mass is 16.2. The van der Waals surface area contributed by atoms with Gasteiger partial charge < -0.3 is 15.2 Å². The highest BCUT2D eigenvalue weighted by Gasteiger charge is 2.24. The molecule has 0 spiro atoms. The molecule has 0 saturated carbocycles. The van der Waals surface area contributed by atoms with Crippen LogP contribution in [0.1, 0.15) is 19.4 Å². The Kier molecular flexibility index (Phi) is 6.49. The van der Waals surface area contributed by atoms with E-state index in [9.17, 15) is 9.59 Å². The normalized spacial score (nSPS) is 12.0. The van der Waals surface area contributed by atoms with Crippen LogP contribution in [0.15, 0.2) is 73.1 Å². The van der Waals surface area contributed by atoms with Crippen LogP contribution in [0.25, 0.3) is 22.2 Å². The third kappa shape index (κ3) is 5.26. The summed E-state index contributed by atoms with van der Waals surface area (Å²) in [5.41, 5.74) is 2.38. The Morgan fingerprint density at radius 1 is 0.970 bits per heavy atom. The van der Waals surface area contributed by atoms with Crippen molar-refractivity contribution < 1.29 is 9.59 Å². The molecule has 1 atom stereocenters. The monoisotopic (exact) mass is 441 g/mol. The van der Waals surface area contributed by atoms with Gasteiger partial charge in [-0.05, 0) is 34.4 Å². The number of carbonyl (C=O) groups excluding carboxylic acids is 2. The SMILES string of the molecule is CC(C)C(NC(=O)Cc1ccc2ccccc2c1)C(=O)Nc1cccc(-c2nncn2C)c1. The lowest BCUT2D eigenvalue weighted by Gasteiger charge is -2.22. The first-order valence-electron chi connectivity index (χ1n) is 10.9. The summed E-state index contributed by atoms with van der Waals surface area (Å²) in [5.74, 6) is 0.182. The lowest BCUT2D eigenvalue weighted by molar-refractivity contribution is -0.127. The van der Waals surface area contributed by atoms with Crippen molar-refractivity contribution in [3.05, 3.63) is 78.6 Å². The van der Waals surface area contributed by atoms with E-state index in [-0.39, 0.29) is 24.2 Å². The fourth-order valence-electron chi connectivity index (χ4n) is 3.79. The van der Waals surface area contributed by atoms with Gasteiger partial charge >= 0.3 is 0 Å². The van der Waals surface area contributed by atoms with Gasteiger partial charge in [-0.2, -0.15) is 0 Å². The molecule has 0 fully saturated rings. The van der Waals surface area contributed by atoms with Crippen molar-refractivity contribution in [1.29, 1.82) is 0 Å². The van der Waals surface area contributed by atoms with Crippen molar-refractivity contribution in [3.8, 4) is 11.4 Å². The third-order valence-corrected chi connectivity index (χ3v) is 5.54. The molecular formula is C26H27N5O2. The lowest BCUT2D eigenvalue weighted by atomic mass is 10.0. The highest BCUT2D eigenvalue weighted by Crippen LogP contribution is 2.21. The van der Waals surface area contributed by atoms with E-state index in [0.29, 0.717) is 11.5 Å². The minimum Gasteiger partial charge on any atom is -0.344 e. The smallest absolute Gasteiger partial charge is 0.247 e. The van der Waals surface area contributed by atoms with Crippen molar-refractivity contribution >= 4 is 28.3 Å². The fourth-order valence-corrected chi connectivity index (χ4v) is 3.79. The van der Waals surface area contributed by atoms with Crippen LogP contribution >= 0.6 is 0 Å². The van der Waals surface area contributed by atoms with Crippen molar-refractivity contribution in [2.24, 2.45) is 13.0 Å². The van der Waals surface area contributed by atoms with Gasteiger partial charge in [0.1, 0.15) is 12.4 Å². The van der Waals surface area contributed by atoms with Crippen molar-refractivity contribution in [2.75, 3.05) is 5.32 Å². The summed E-state index contributed by atoms with van der Waals surface area (Å²) < 4.78 is 1.81. The molecule has 0 saturated heterocycles. The molecule has 7 nitrogen and oxygen atoms in total. The second kappa shape index (κ2) is 9.65. The van der Waals surface area contributed by atoms with Gasteiger partial charge in [-0.25, -0.2) is 0 Å². The standard InChI is InChI=1S/C26H27N5O2/c1-17(2)24(29-23(32)14-18-11-12-19-7-4-5-8-20(19)13-18)26(33)28-22-10-6-9-21(15-22)25-30-27-16-31(25)3/h4-13,15-17,24H,14H2,1-3H3,(H,28,33)(H,29,32). The average Bonchev–Trinajstić information content (AvgIpc) is 3.23. The molecule has 33 heavy (non-hydrogen) atoms. The molecule has 2 N–H and O–H groups in total. The largest absolute Gasteiger partial charge is 0.344 e. The van der Waals surface area contributed by atoms with Crippen LogP contribution in [0.2, 0.25) is 0 Å². The van der Waals surface area contributed by atoms with E-state index in [1.54, 1.807) is 6.33 Å². The molecule has 0 aliphatic rings. The molecule has 0 aliphatic carbocycles. The zero-order valence-electron chi connectivity index (χ0n) is 18.9. The molecule has 3 aromatic carbocycles. The Hall–Kier alpha value is -4.00. The summed E-state index contributed by atoms with van der Waals surface area (Å²) in [5, 5.41) is 16.1. The second-order valence-electron chi connectivity index (χ2n) is 8.48. The first-order chi connectivity index (χ1) is 15.9. The minimum absolute atomic E-state index is 0.0764. The summed E-state index contributed by atoms with van der Waals surface area (Å²) in [7, 11) is 1.86. The maximum absolute atomic E-state index is 13.0. The quantitative estimate of drug-likeness (QED) is 0.454. The lowest BCUT2D eigenvalue weighted by Crippen LogP contribution is -2.47. The van der Waals surface area contributed by atoms with Gasteiger partial charge in [0.25, 0.3) is 0 Å². The number of hydrogen-bond acceptors (Lipinski definition) is 4. The molecule has 4 rings (SSSR count). The molecule has 2 amide bonds. The number of nitrogens with one attached hydrogen (secondary N) is 2. The van der Waals surface area contributed by atoms with Crippen molar-refractivity contribution in [1.82, 2.24) is 20.1 Å². The number of rotatable bonds is 7. The molecule has 1 unspecified atom stereocenters. The molecule has 0 bridgehead atoms. The average molecular weight is 442 g/mol. The Morgan fingerprint density at radius 3 is 2.48 bits per heavy atom. The number of nitrogens with zero attached hydrogens (tertiary/aromatic N) is 3. The first kappa shape index (κ1) is 22.2. The topological polar surface area (TPSA) is 88.9 Å². The van der Waals surface area contributed by atoms with E-state index in [1.165, 1.54) is 0 Å². The van der Waals surface area contributed by atoms with Gasteiger partial charge in [0.05, 0.1) is 6.42 Å². The van der Waals surface area contributed by atoms with Gasteiger partial charge in [-0.1, -0.05) is 68.4 Å². The predicted molar refractivity (Wildman–Crippen MR) is 129 cm³/mol. The number of amides is 2. The molecule has 0 radical (unpaired) electrons. The van der Waals surface area contributed by atoms with Crippen molar-refractivity contribution in [2.45, 2.75) is 26.3 Å². The zero-order valence-corrected chi connectivity index (χ0v) is 18.9. The Morgan fingerprint density at radius 2 is 1.76 bits per heavy atom. The molecule has 1 aromatic heterocycles. The van der Waals surface area contributed by atoms with Crippen molar-refractivity contribution in [3.63, 3.8) is 0 Å². The maximum Gasteiger partial charge on any atom is 0.247 e. The van der Waals surface area contributed by atoms with Crippen LogP contribution in [0.3, 0.4) is 0 Å². The van der Waals surface area contributed by atoms with Crippen LogP contribution in [0, 0.1) is 5.92 Å². The number of anilines is 1. The Labute approximate surface area is 192 Å². The number of fused-ring (bicyclic) bond motifs is 1. The number of aryl methyl sites for hydroxylation is 1. The highest BCUT2D eigenvalue weighted by molar-refractivity contribution is 5.98. The van der Waals surface area contributed by atoms with E-state index in [4.69, 9.17) is 0 Å².